The lowest BCUT2D eigenvalue weighted by Crippen LogP contribution is -3.12. The summed E-state index contributed by atoms with van der Waals surface area (Å²) < 4.78 is 10.7. The first-order chi connectivity index (χ1) is 13.6. The molecule has 0 unspecified atom stereocenters. The summed E-state index contributed by atoms with van der Waals surface area (Å²) in [6.07, 6.45) is 0. The number of methoxy groups -OCH3 is 1. The number of carbonyl (C=O) groups is 1. The Morgan fingerprint density at radius 2 is 1.89 bits per heavy atom. The van der Waals surface area contributed by atoms with Crippen LogP contribution in [0.5, 0.6) is 5.75 Å². The van der Waals surface area contributed by atoms with Gasteiger partial charge in [0.1, 0.15) is 25.4 Å². The molecule has 3 rings (SSSR count). The highest BCUT2D eigenvalue weighted by Gasteiger charge is 2.16. The largest absolute Gasteiger partial charge is 0.496 e. The van der Waals surface area contributed by atoms with Crippen LogP contribution in [0.3, 0.4) is 0 Å². The fraction of sp³-hybridized carbons (Fsp3) is 0.333. The summed E-state index contributed by atoms with van der Waals surface area (Å²) in [5.74, 6) is 0.253. The van der Waals surface area contributed by atoms with E-state index >= 15 is 0 Å². The summed E-state index contributed by atoms with van der Waals surface area (Å²) in [5, 5.41) is 6.02. The molecule has 1 heterocycles. The Morgan fingerprint density at radius 1 is 1.18 bits per heavy atom. The van der Waals surface area contributed by atoms with Crippen molar-refractivity contribution in [2.75, 3.05) is 38.7 Å². The van der Waals surface area contributed by atoms with Gasteiger partial charge in [-0.15, -0.1) is 0 Å². The molecule has 0 bridgehead atoms. The fourth-order valence-electron chi connectivity index (χ4n) is 3.27. The first-order valence-corrected chi connectivity index (χ1v) is 9.74. The van der Waals surface area contributed by atoms with Crippen molar-refractivity contribution in [3.8, 4) is 5.75 Å². The van der Waals surface area contributed by atoms with E-state index in [9.17, 15) is 4.79 Å². The van der Waals surface area contributed by atoms with Gasteiger partial charge in [-0.1, -0.05) is 24.3 Å². The van der Waals surface area contributed by atoms with Gasteiger partial charge >= 0.3 is 0 Å². The minimum atomic E-state index is -0.300. The SMILES string of the molecule is COc1c(C)cccc1C(=O)NC(=S)Nc1ccc(C[NH+]2CCOCC2)cc1. The number of morpholine rings is 1. The molecule has 2 aromatic rings. The molecule has 1 aliphatic rings. The summed E-state index contributed by atoms with van der Waals surface area (Å²) in [4.78, 5) is 14.1. The molecule has 1 amide bonds. The predicted molar refractivity (Wildman–Crippen MR) is 113 cm³/mol. The van der Waals surface area contributed by atoms with E-state index in [1.807, 2.05) is 31.2 Å². The van der Waals surface area contributed by atoms with E-state index in [1.165, 1.54) is 10.5 Å². The van der Waals surface area contributed by atoms with Crippen LogP contribution in [0.15, 0.2) is 42.5 Å². The van der Waals surface area contributed by atoms with Crippen LogP contribution in [0.4, 0.5) is 5.69 Å². The van der Waals surface area contributed by atoms with E-state index in [1.54, 1.807) is 13.2 Å². The highest BCUT2D eigenvalue weighted by Crippen LogP contribution is 2.22. The second-order valence-electron chi connectivity index (χ2n) is 6.80. The molecule has 1 aliphatic heterocycles. The van der Waals surface area contributed by atoms with Gasteiger partial charge in [0, 0.05) is 11.3 Å². The smallest absolute Gasteiger partial charge is 0.261 e. The van der Waals surface area contributed by atoms with Crippen molar-refractivity contribution in [1.82, 2.24) is 5.32 Å². The van der Waals surface area contributed by atoms with Crippen LogP contribution >= 0.6 is 12.2 Å². The second-order valence-corrected chi connectivity index (χ2v) is 7.21. The van der Waals surface area contributed by atoms with Crippen LogP contribution in [-0.2, 0) is 11.3 Å². The van der Waals surface area contributed by atoms with E-state index in [-0.39, 0.29) is 11.0 Å². The number of aryl methyl sites for hydroxylation is 1. The first kappa shape index (κ1) is 20.3. The summed E-state index contributed by atoms with van der Waals surface area (Å²) in [6.45, 7) is 6.62. The summed E-state index contributed by atoms with van der Waals surface area (Å²) >= 11 is 5.29. The van der Waals surface area contributed by atoms with Crippen molar-refractivity contribution in [3.05, 3.63) is 59.2 Å². The number of anilines is 1. The Balaban J connectivity index is 1.56. The molecule has 0 saturated carbocycles. The van der Waals surface area contributed by atoms with Crippen molar-refractivity contribution < 1.29 is 19.2 Å². The van der Waals surface area contributed by atoms with E-state index in [2.05, 4.69) is 22.8 Å². The van der Waals surface area contributed by atoms with Crippen LogP contribution in [-0.4, -0.2) is 44.4 Å². The third kappa shape index (κ3) is 5.28. The number of amides is 1. The normalized spacial score (nSPS) is 14.4. The van der Waals surface area contributed by atoms with Crippen LogP contribution < -0.4 is 20.3 Å². The number of carbonyl (C=O) groups excluding carboxylic acids is 1. The molecule has 0 atom stereocenters. The van der Waals surface area contributed by atoms with Crippen molar-refractivity contribution in [2.24, 2.45) is 0 Å². The van der Waals surface area contributed by atoms with Crippen LogP contribution in [0.2, 0.25) is 0 Å². The molecule has 7 heteroatoms. The number of quaternary nitrogens is 1. The average molecular weight is 401 g/mol. The highest BCUT2D eigenvalue weighted by molar-refractivity contribution is 7.80. The lowest BCUT2D eigenvalue weighted by Gasteiger charge is -2.23. The van der Waals surface area contributed by atoms with Gasteiger partial charge in [0.2, 0.25) is 0 Å². The van der Waals surface area contributed by atoms with E-state index in [4.69, 9.17) is 21.7 Å². The maximum Gasteiger partial charge on any atom is 0.261 e. The molecule has 2 aromatic carbocycles. The van der Waals surface area contributed by atoms with Gasteiger partial charge in [-0.05, 0) is 42.9 Å². The summed E-state index contributed by atoms with van der Waals surface area (Å²) in [5.41, 5.74) is 3.45. The quantitative estimate of drug-likeness (QED) is 0.665. The molecule has 1 saturated heterocycles. The lowest BCUT2D eigenvalue weighted by molar-refractivity contribution is -0.921. The zero-order valence-corrected chi connectivity index (χ0v) is 17.0. The maximum atomic E-state index is 12.5. The third-order valence-corrected chi connectivity index (χ3v) is 4.96. The Bertz CT molecular complexity index is 833. The average Bonchev–Trinajstić information content (AvgIpc) is 2.70. The molecule has 0 aliphatic carbocycles. The molecule has 148 valence electrons. The molecule has 1 fully saturated rings. The topological polar surface area (TPSA) is 64.0 Å². The van der Waals surface area contributed by atoms with Crippen molar-refractivity contribution in [1.29, 1.82) is 0 Å². The van der Waals surface area contributed by atoms with Gasteiger partial charge in [-0.25, -0.2) is 0 Å². The van der Waals surface area contributed by atoms with Crippen LogP contribution in [0, 0.1) is 6.92 Å². The van der Waals surface area contributed by atoms with E-state index in [0.717, 1.165) is 44.1 Å². The number of thiocarbonyl (C=S) groups is 1. The Labute approximate surface area is 170 Å². The Hall–Kier alpha value is -2.48. The predicted octanol–water partition coefficient (Wildman–Crippen LogP) is 1.55. The number of nitrogens with one attached hydrogen (secondary N) is 3. The maximum absolute atomic E-state index is 12.5. The van der Waals surface area contributed by atoms with Gasteiger partial charge < -0.3 is 19.7 Å². The van der Waals surface area contributed by atoms with Crippen molar-refractivity contribution in [2.45, 2.75) is 13.5 Å². The summed E-state index contributed by atoms with van der Waals surface area (Å²) in [6, 6.07) is 13.5. The Morgan fingerprint density at radius 3 is 2.57 bits per heavy atom. The second kappa shape index (κ2) is 9.64. The zero-order valence-electron chi connectivity index (χ0n) is 16.2. The number of para-hydroxylation sites is 1. The number of benzene rings is 2. The minimum Gasteiger partial charge on any atom is -0.496 e. The molecule has 6 nitrogen and oxygen atoms in total. The standard InChI is InChI=1S/C21H25N3O3S/c1-15-4-3-5-18(19(15)26-2)20(25)23-21(28)22-17-8-6-16(7-9-17)14-24-10-12-27-13-11-24/h3-9H,10-14H2,1-2H3,(H2,22,23,25,28)/p+1. The highest BCUT2D eigenvalue weighted by atomic mass is 32.1. The third-order valence-electron chi connectivity index (χ3n) is 4.75. The molecule has 0 radical (unpaired) electrons. The lowest BCUT2D eigenvalue weighted by atomic mass is 10.1. The molecule has 0 spiro atoms. The molecule has 28 heavy (non-hydrogen) atoms. The minimum absolute atomic E-state index is 0.250. The van der Waals surface area contributed by atoms with E-state index < -0.39 is 0 Å². The zero-order chi connectivity index (χ0) is 19.9. The molecular formula is C21H26N3O3S+. The Kier molecular flexibility index (Phi) is 6.97. The van der Waals surface area contributed by atoms with Gasteiger partial charge in [0.15, 0.2) is 5.11 Å². The van der Waals surface area contributed by atoms with Crippen molar-refractivity contribution >= 4 is 28.9 Å². The van der Waals surface area contributed by atoms with Crippen LogP contribution in [0.25, 0.3) is 0 Å². The monoisotopic (exact) mass is 400 g/mol. The van der Waals surface area contributed by atoms with Crippen molar-refractivity contribution in [3.63, 3.8) is 0 Å². The first-order valence-electron chi connectivity index (χ1n) is 9.33. The fourth-order valence-corrected chi connectivity index (χ4v) is 3.48. The van der Waals surface area contributed by atoms with Gasteiger partial charge in [-0.3, -0.25) is 10.1 Å². The summed E-state index contributed by atoms with van der Waals surface area (Å²) in [7, 11) is 1.55. The van der Waals surface area contributed by atoms with Gasteiger partial charge in [0.05, 0.1) is 25.9 Å². The molecule has 3 N–H and O–H groups in total. The number of hydrogen-bond donors (Lipinski definition) is 3. The molecular weight excluding hydrogens is 374 g/mol. The van der Waals surface area contributed by atoms with Crippen LogP contribution in [0.1, 0.15) is 21.5 Å². The van der Waals surface area contributed by atoms with Gasteiger partial charge in [-0.2, -0.15) is 0 Å². The van der Waals surface area contributed by atoms with E-state index in [0.29, 0.717) is 11.3 Å². The number of ether oxygens (including phenoxy) is 2. The molecule has 0 aromatic heterocycles. The van der Waals surface area contributed by atoms with Gasteiger partial charge in [0.25, 0.3) is 5.91 Å². The number of hydrogen-bond acceptors (Lipinski definition) is 4. The number of rotatable bonds is 5.